The lowest BCUT2D eigenvalue weighted by molar-refractivity contribution is -0.147. The van der Waals surface area contributed by atoms with Crippen LogP contribution in [0.1, 0.15) is 105 Å². The summed E-state index contributed by atoms with van der Waals surface area (Å²) in [6.07, 6.45) is 17.4. The molecular weight excluding hydrogens is 368 g/mol. The van der Waals surface area contributed by atoms with Gasteiger partial charge in [-0.1, -0.05) is 58.6 Å². The summed E-state index contributed by atoms with van der Waals surface area (Å²) in [5, 5.41) is 0. The molecule has 170 valence electrons. The van der Waals surface area contributed by atoms with Crippen molar-refractivity contribution < 1.29 is 9.53 Å². The van der Waals surface area contributed by atoms with Crippen molar-refractivity contribution in [3.05, 3.63) is 11.6 Å². The molecule has 0 heterocycles. The maximum atomic E-state index is 11.4. The van der Waals surface area contributed by atoms with Crippen LogP contribution in [0.5, 0.6) is 0 Å². The molecular formula is C28H46O2. The van der Waals surface area contributed by atoms with Gasteiger partial charge in [0.15, 0.2) is 0 Å². The van der Waals surface area contributed by atoms with Crippen LogP contribution in [0.25, 0.3) is 0 Å². The van der Waals surface area contributed by atoms with E-state index in [2.05, 4.69) is 33.8 Å². The fourth-order valence-electron chi connectivity index (χ4n) is 8.59. The zero-order valence-electron chi connectivity index (χ0n) is 20.3. The van der Waals surface area contributed by atoms with Gasteiger partial charge in [0, 0.05) is 13.3 Å². The molecule has 4 aliphatic rings. The van der Waals surface area contributed by atoms with Crippen molar-refractivity contribution in [1.29, 1.82) is 0 Å². The molecule has 0 spiro atoms. The Morgan fingerprint density at radius 3 is 2.63 bits per heavy atom. The van der Waals surface area contributed by atoms with Crippen LogP contribution in [-0.4, -0.2) is 12.1 Å². The van der Waals surface area contributed by atoms with Gasteiger partial charge in [0.1, 0.15) is 6.10 Å². The molecule has 0 aromatic rings. The second-order valence-electron chi connectivity index (χ2n) is 12.1. The van der Waals surface area contributed by atoms with Gasteiger partial charge >= 0.3 is 5.97 Å². The van der Waals surface area contributed by atoms with E-state index in [4.69, 9.17) is 4.74 Å². The average molecular weight is 415 g/mol. The van der Waals surface area contributed by atoms with Gasteiger partial charge < -0.3 is 4.74 Å². The molecule has 0 aromatic carbocycles. The molecule has 0 bridgehead atoms. The molecule has 30 heavy (non-hydrogen) atoms. The van der Waals surface area contributed by atoms with E-state index in [1.165, 1.54) is 57.8 Å². The Morgan fingerprint density at radius 2 is 1.90 bits per heavy atom. The quantitative estimate of drug-likeness (QED) is 0.331. The third-order valence-corrected chi connectivity index (χ3v) is 9.93. The summed E-state index contributed by atoms with van der Waals surface area (Å²) in [7, 11) is 0. The van der Waals surface area contributed by atoms with E-state index in [-0.39, 0.29) is 12.1 Å². The number of fused-ring (bicyclic) bond motifs is 5. The smallest absolute Gasteiger partial charge is 0.302 e. The van der Waals surface area contributed by atoms with Gasteiger partial charge in [-0.15, -0.1) is 0 Å². The number of hydrogen-bond acceptors (Lipinski definition) is 2. The summed E-state index contributed by atoms with van der Waals surface area (Å²) >= 11 is 0. The fraction of sp³-hybridized carbons (Fsp3) is 0.893. The van der Waals surface area contributed by atoms with Crippen LogP contribution in [0.3, 0.4) is 0 Å². The second kappa shape index (κ2) is 8.99. The summed E-state index contributed by atoms with van der Waals surface area (Å²) in [5.41, 5.74) is 2.22. The summed E-state index contributed by atoms with van der Waals surface area (Å²) in [6.45, 7) is 11.5. The van der Waals surface area contributed by atoms with Crippen LogP contribution in [0.4, 0.5) is 0 Å². The molecule has 0 aromatic heterocycles. The fourth-order valence-corrected chi connectivity index (χ4v) is 8.59. The molecule has 3 saturated carbocycles. The monoisotopic (exact) mass is 414 g/mol. The maximum absolute atomic E-state index is 11.4. The van der Waals surface area contributed by atoms with Crippen molar-refractivity contribution in [2.75, 3.05) is 0 Å². The molecule has 2 heteroatoms. The zero-order chi connectivity index (χ0) is 21.5. The largest absolute Gasteiger partial charge is 0.462 e. The lowest BCUT2D eigenvalue weighted by Gasteiger charge is -2.54. The predicted octanol–water partition coefficient (Wildman–Crippen LogP) is 7.57. The van der Waals surface area contributed by atoms with Crippen molar-refractivity contribution in [2.45, 2.75) is 111 Å². The number of ether oxygens (including phenoxy) is 1. The van der Waals surface area contributed by atoms with Crippen LogP contribution in [0.15, 0.2) is 11.6 Å². The van der Waals surface area contributed by atoms with E-state index in [1.807, 2.05) is 0 Å². The molecule has 4 aliphatic carbocycles. The van der Waals surface area contributed by atoms with Crippen molar-refractivity contribution in [1.82, 2.24) is 0 Å². The number of esters is 1. The summed E-state index contributed by atoms with van der Waals surface area (Å²) in [5.74, 6) is 6.11. The molecule has 3 fully saturated rings. The topological polar surface area (TPSA) is 26.3 Å². The van der Waals surface area contributed by atoms with Gasteiger partial charge in [-0.05, 0) is 91.8 Å². The van der Waals surface area contributed by atoms with Crippen LogP contribution >= 0.6 is 0 Å². The van der Waals surface area contributed by atoms with Crippen molar-refractivity contribution >= 4 is 5.97 Å². The normalized spacial score (nSPS) is 41.5. The lowest BCUT2D eigenvalue weighted by atomic mass is 9.51. The van der Waals surface area contributed by atoms with Gasteiger partial charge in [-0.2, -0.15) is 0 Å². The molecule has 2 nitrogen and oxygen atoms in total. The number of rotatable bonds is 6. The summed E-state index contributed by atoms with van der Waals surface area (Å²) in [4.78, 5) is 11.4. The first-order valence-electron chi connectivity index (χ1n) is 13.2. The number of hydrogen-bond donors (Lipinski definition) is 0. The van der Waals surface area contributed by atoms with Crippen molar-refractivity contribution in [3.8, 4) is 0 Å². The van der Waals surface area contributed by atoms with Crippen LogP contribution < -0.4 is 0 Å². The zero-order valence-corrected chi connectivity index (χ0v) is 20.3. The number of carbonyl (C=O) groups is 1. The van der Waals surface area contributed by atoms with Crippen molar-refractivity contribution in [3.63, 3.8) is 0 Å². The van der Waals surface area contributed by atoms with Crippen molar-refractivity contribution in [2.24, 2.45) is 46.8 Å². The minimum Gasteiger partial charge on any atom is -0.462 e. The highest BCUT2D eigenvalue weighted by Gasteiger charge is 2.56. The molecule has 0 amide bonds. The van der Waals surface area contributed by atoms with Gasteiger partial charge in [0.2, 0.25) is 0 Å². The van der Waals surface area contributed by atoms with E-state index in [0.717, 1.165) is 54.3 Å². The van der Waals surface area contributed by atoms with Gasteiger partial charge in [-0.25, -0.2) is 0 Å². The first kappa shape index (κ1) is 22.4. The van der Waals surface area contributed by atoms with E-state index >= 15 is 0 Å². The second-order valence-corrected chi connectivity index (χ2v) is 12.1. The lowest BCUT2D eigenvalue weighted by Crippen LogP contribution is -2.47. The Kier molecular flexibility index (Phi) is 6.71. The number of carbonyl (C=O) groups excluding carboxylic acids is 1. The highest BCUT2D eigenvalue weighted by Crippen LogP contribution is 2.64. The average Bonchev–Trinajstić information content (AvgIpc) is 3.04. The minimum absolute atomic E-state index is 0.110. The van der Waals surface area contributed by atoms with Crippen LogP contribution in [0, 0.1) is 46.8 Å². The molecule has 4 rings (SSSR count). The standard InChI is InChI=1S/C28H46O2/c1-18(2)7-6-8-19(3)26-13-14-27-25-11-9-21-17-22(30-20(4)29)10-12-23(21)24(25)15-16-28(26,27)5/h9,18-19,22-27H,6-8,10-17H2,1-5H3. The Hall–Kier alpha value is -0.790. The number of allylic oxidation sites excluding steroid dienone is 1. The Morgan fingerprint density at radius 1 is 1.10 bits per heavy atom. The highest BCUT2D eigenvalue weighted by atomic mass is 16.5. The molecule has 0 radical (unpaired) electrons. The highest BCUT2D eigenvalue weighted by molar-refractivity contribution is 5.66. The Balaban J connectivity index is 1.42. The van der Waals surface area contributed by atoms with E-state index in [1.54, 1.807) is 12.5 Å². The van der Waals surface area contributed by atoms with Gasteiger partial charge in [0.05, 0.1) is 0 Å². The third kappa shape index (κ3) is 4.26. The molecule has 8 unspecified atom stereocenters. The molecule has 0 N–H and O–H groups in total. The molecule has 0 aliphatic heterocycles. The van der Waals surface area contributed by atoms with E-state index in [0.29, 0.717) is 5.41 Å². The van der Waals surface area contributed by atoms with Crippen LogP contribution in [0.2, 0.25) is 0 Å². The Bertz CT molecular complexity index is 649. The first-order chi connectivity index (χ1) is 14.3. The minimum atomic E-state index is -0.110. The Labute approximate surface area is 185 Å². The van der Waals surface area contributed by atoms with Crippen LogP contribution in [-0.2, 0) is 9.53 Å². The third-order valence-electron chi connectivity index (χ3n) is 9.93. The molecule has 0 saturated heterocycles. The summed E-state index contributed by atoms with van der Waals surface area (Å²) < 4.78 is 5.57. The first-order valence-corrected chi connectivity index (χ1v) is 13.2. The maximum Gasteiger partial charge on any atom is 0.302 e. The van der Waals surface area contributed by atoms with E-state index < -0.39 is 0 Å². The predicted molar refractivity (Wildman–Crippen MR) is 124 cm³/mol. The van der Waals surface area contributed by atoms with E-state index in [9.17, 15) is 4.79 Å². The van der Waals surface area contributed by atoms with Gasteiger partial charge in [-0.3, -0.25) is 4.79 Å². The summed E-state index contributed by atoms with van der Waals surface area (Å²) in [6, 6.07) is 0. The molecule has 8 atom stereocenters. The van der Waals surface area contributed by atoms with Gasteiger partial charge in [0.25, 0.3) is 0 Å². The SMILES string of the molecule is CC(=O)OC1CCC2C(=CCC3C2CCC2(C)C(C(C)CCCC(C)C)CCC32)C1.